The van der Waals surface area contributed by atoms with Gasteiger partial charge in [0.1, 0.15) is 0 Å². The largest absolute Gasteiger partial charge is 0.396 e. The molecule has 0 amide bonds. The fraction of sp³-hybridized carbons (Fsp3) is 0.900. The first-order chi connectivity index (χ1) is 11.3. The van der Waals surface area contributed by atoms with Crippen LogP contribution in [0.5, 0.6) is 0 Å². The third-order valence-electron chi connectivity index (χ3n) is 3.88. The Kier molecular flexibility index (Phi) is 19.3. The summed E-state index contributed by atoms with van der Waals surface area (Å²) in [5.41, 5.74) is 0. The molecular formula is C20H40O3. The average molecular weight is 329 g/mol. The van der Waals surface area contributed by atoms with Gasteiger partial charge in [-0.15, -0.1) is 0 Å². The van der Waals surface area contributed by atoms with E-state index in [1.807, 2.05) is 6.08 Å². The number of rotatable bonds is 18. The van der Waals surface area contributed by atoms with Gasteiger partial charge in [-0.3, -0.25) is 0 Å². The second kappa shape index (κ2) is 19.7. The molecule has 0 aliphatic carbocycles. The summed E-state index contributed by atoms with van der Waals surface area (Å²) in [6.45, 7) is 6.33. The quantitative estimate of drug-likeness (QED) is 0.202. The Balaban J connectivity index is 3.81. The first-order valence-electron chi connectivity index (χ1n) is 9.84. The summed E-state index contributed by atoms with van der Waals surface area (Å²) in [5.74, 6) is 0. The number of ether oxygens (including phenoxy) is 2. The van der Waals surface area contributed by atoms with Crippen molar-refractivity contribution in [2.45, 2.75) is 97.2 Å². The van der Waals surface area contributed by atoms with Gasteiger partial charge >= 0.3 is 0 Å². The lowest BCUT2D eigenvalue weighted by molar-refractivity contribution is -0.147. The molecule has 0 bridgehead atoms. The van der Waals surface area contributed by atoms with E-state index >= 15 is 0 Å². The molecule has 0 unspecified atom stereocenters. The van der Waals surface area contributed by atoms with Gasteiger partial charge in [-0.2, -0.15) is 0 Å². The van der Waals surface area contributed by atoms with Crippen LogP contribution in [0, 0.1) is 0 Å². The first kappa shape index (κ1) is 22.6. The summed E-state index contributed by atoms with van der Waals surface area (Å²) in [7, 11) is 0. The van der Waals surface area contributed by atoms with Crippen molar-refractivity contribution in [2.24, 2.45) is 0 Å². The normalized spacial score (nSPS) is 11.8. The standard InChI is InChI=1S/C20H40O3/c1-3-5-7-14-18-22-20(23-19-15-8-6-4-2)16-12-10-9-11-13-17-21/h9,11,20-21H,3-8,10,12-19H2,1-2H3/b11-9-. The SMILES string of the molecule is CCCCCCOC(CCC/C=C\CCO)OCCCCCC. The second-order valence-corrected chi connectivity index (χ2v) is 6.21. The highest BCUT2D eigenvalue weighted by molar-refractivity contribution is 4.81. The minimum atomic E-state index is -0.0375. The van der Waals surface area contributed by atoms with Crippen molar-refractivity contribution >= 4 is 0 Å². The van der Waals surface area contributed by atoms with E-state index in [2.05, 4.69) is 19.9 Å². The Morgan fingerprint density at radius 3 is 1.83 bits per heavy atom. The van der Waals surface area contributed by atoms with Crippen molar-refractivity contribution in [2.75, 3.05) is 19.8 Å². The molecule has 0 aliphatic heterocycles. The van der Waals surface area contributed by atoms with Gasteiger partial charge in [0, 0.05) is 19.8 Å². The van der Waals surface area contributed by atoms with E-state index in [1.54, 1.807) is 0 Å². The van der Waals surface area contributed by atoms with Gasteiger partial charge in [0.2, 0.25) is 0 Å². The summed E-state index contributed by atoms with van der Waals surface area (Å²) in [6.07, 6.45) is 17.9. The van der Waals surface area contributed by atoms with E-state index in [0.717, 1.165) is 51.7 Å². The van der Waals surface area contributed by atoms with Crippen LogP contribution in [0.2, 0.25) is 0 Å². The number of hydrogen-bond donors (Lipinski definition) is 1. The molecule has 0 heterocycles. The van der Waals surface area contributed by atoms with Crippen LogP contribution >= 0.6 is 0 Å². The topological polar surface area (TPSA) is 38.7 Å². The molecule has 3 heteroatoms. The van der Waals surface area contributed by atoms with Crippen LogP contribution in [0.3, 0.4) is 0 Å². The number of allylic oxidation sites excluding steroid dienone is 1. The van der Waals surface area contributed by atoms with E-state index in [-0.39, 0.29) is 12.9 Å². The smallest absolute Gasteiger partial charge is 0.157 e. The lowest BCUT2D eigenvalue weighted by Gasteiger charge is -2.18. The van der Waals surface area contributed by atoms with Crippen molar-refractivity contribution in [1.82, 2.24) is 0 Å². The fourth-order valence-electron chi connectivity index (χ4n) is 2.41. The highest BCUT2D eigenvalue weighted by atomic mass is 16.7. The van der Waals surface area contributed by atoms with Gasteiger partial charge in [-0.05, 0) is 38.5 Å². The van der Waals surface area contributed by atoms with Crippen LogP contribution in [-0.2, 0) is 9.47 Å². The summed E-state index contributed by atoms with van der Waals surface area (Å²) in [6, 6.07) is 0. The maximum atomic E-state index is 8.74. The molecule has 0 saturated heterocycles. The monoisotopic (exact) mass is 328 g/mol. The zero-order chi connectivity index (χ0) is 17.0. The Morgan fingerprint density at radius 1 is 0.739 bits per heavy atom. The lowest BCUT2D eigenvalue weighted by atomic mass is 10.2. The molecular weight excluding hydrogens is 288 g/mol. The van der Waals surface area contributed by atoms with Crippen LogP contribution in [0.4, 0.5) is 0 Å². The Bertz CT molecular complexity index is 227. The zero-order valence-electron chi connectivity index (χ0n) is 15.6. The lowest BCUT2D eigenvalue weighted by Crippen LogP contribution is -2.19. The number of unbranched alkanes of at least 4 members (excludes halogenated alkanes) is 7. The first-order valence-corrected chi connectivity index (χ1v) is 9.84. The Labute approximate surface area is 144 Å². The number of hydrogen-bond acceptors (Lipinski definition) is 3. The van der Waals surface area contributed by atoms with Crippen LogP contribution < -0.4 is 0 Å². The van der Waals surface area contributed by atoms with E-state index in [4.69, 9.17) is 14.6 Å². The molecule has 0 saturated carbocycles. The van der Waals surface area contributed by atoms with Crippen molar-refractivity contribution in [3.8, 4) is 0 Å². The minimum absolute atomic E-state index is 0.0375. The second-order valence-electron chi connectivity index (χ2n) is 6.21. The highest BCUT2D eigenvalue weighted by Crippen LogP contribution is 2.11. The van der Waals surface area contributed by atoms with Crippen LogP contribution in [0.15, 0.2) is 12.2 Å². The zero-order valence-corrected chi connectivity index (χ0v) is 15.6. The summed E-state index contributed by atoms with van der Waals surface area (Å²) >= 11 is 0. The molecule has 0 aliphatic rings. The van der Waals surface area contributed by atoms with Crippen molar-refractivity contribution in [3.05, 3.63) is 12.2 Å². The Hall–Kier alpha value is -0.380. The van der Waals surface area contributed by atoms with Crippen molar-refractivity contribution in [1.29, 1.82) is 0 Å². The third kappa shape index (κ3) is 17.8. The minimum Gasteiger partial charge on any atom is -0.396 e. The van der Waals surface area contributed by atoms with Gasteiger partial charge in [0.25, 0.3) is 0 Å². The highest BCUT2D eigenvalue weighted by Gasteiger charge is 2.08. The van der Waals surface area contributed by atoms with Crippen molar-refractivity contribution < 1.29 is 14.6 Å². The molecule has 0 fully saturated rings. The Morgan fingerprint density at radius 2 is 1.30 bits per heavy atom. The van der Waals surface area contributed by atoms with E-state index in [9.17, 15) is 0 Å². The fourth-order valence-corrected chi connectivity index (χ4v) is 2.41. The predicted octanol–water partition coefficient (Wildman–Crippen LogP) is 5.62. The molecule has 0 aromatic heterocycles. The van der Waals surface area contributed by atoms with E-state index < -0.39 is 0 Å². The molecule has 0 radical (unpaired) electrons. The molecule has 0 aromatic rings. The van der Waals surface area contributed by atoms with Gasteiger partial charge in [-0.1, -0.05) is 64.5 Å². The van der Waals surface area contributed by atoms with Crippen LogP contribution in [0.25, 0.3) is 0 Å². The molecule has 3 nitrogen and oxygen atoms in total. The van der Waals surface area contributed by atoms with Crippen LogP contribution in [0.1, 0.15) is 90.9 Å². The predicted molar refractivity (Wildman–Crippen MR) is 98.7 cm³/mol. The molecule has 0 atom stereocenters. The van der Waals surface area contributed by atoms with Crippen molar-refractivity contribution in [3.63, 3.8) is 0 Å². The molecule has 0 spiro atoms. The molecule has 0 aromatic carbocycles. The molecule has 23 heavy (non-hydrogen) atoms. The van der Waals surface area contributed by atoms with Gasteiger partial charge in [-0.25, -0.2) is 0 Å². The van der Waals surface area contributed by atoms with Gasteiger partial charge in [0.15, 0.2) is 6.29 Å². The molecule has 0 rings (SSSR count). The van der Waals surface area contributed by atoms with E-state index in [1.165, 1.54) is 38.5 Å². The maximum absolute atomic E-state index is 8.74. The van der Waals surface area contributed by atoms with Crippen LogP contribution in [-0.4, -0.2) is 31.2 Å². The average Bonchev–Trinajstić information content (AvgIpc) is 2.56. The molecule has 1 N–H and O–H groups in total. The van der Waals surface area contributed by atoms with Gasteiger partial charge < -0.3 is 14.6 Å². The summed E-state index contributed by atoms with van der Waals surface area (Å²) in [5, 5.41) is 8.74. The molecule has 138 valence electrons. The summed E-state index contributed by atoms with van der Waals surface area (Å²) < 4.78 is 11.9. The van der Waals surface area contributed by atoms with Gasteiger partial charge in [0.05, 0.1) is 0 Å². The number of aliphatic hydroxyl groups is 1. The van der Waals surface area contributed by atoms with E-state index in [0.29, 0.717) is 0 Å². The third-order valence-corrected chi connectivity index (χ3v) is 3.88. The number of aliphatic hydroxyl groups excluding tert-OH is 1. The summed E-state index contributed by atoms with van der Waals surface area (Å²) in [4.78, 5) is 0. The maximum Gasteiger partial charge on any atom is 0.157 e.